The number of carbonyl (C=O) groups is 2. The van der Waals surface area contributed by atoms with Crippen molar-refractivity contribution in [3.8, 4) is 11.5 Å². The van der Waals surface area contributed by atoms with Crippen LogP contribution in [0.15, 0.2) is 47.6 Å². The van der Waals surface area contributed by atoms with Gasteiger partial charge in [-0.3, -0.25) is 4.79 Å². The molecule has 1 aromatic rings. The SMILES string of the molecule is COc1c(O)cc2cc1C[C@@H](C)C[C@H](OC)[C@H](O)[C@@H](C)/C=C(\C)[C@H](OC(N)=O)C(OC)/C=C\C=C(/C)C(=O)N2. The Labute approximate surface area is 230 Å². The largest absolute Gasteiger partial charge is 0.504 e. The number of ether oxygens (including phenoxy) is 4. The number of aliphatic hydroxyl groups excluding tert-OH is 1. The van der Waals surface area contributed by atoms with Crippen LogP contribution in [0.5, 0.6) is 11.5 Å². The Morgan fingerprint density at radius 3 is 2.41 bits per heavy atom. The number of phenols is 1. The Bertz CT molecular complexity index is 1100. The fourth-order valence-electron chi connectivity index (χ4n) is 4.77. The highest BCUT2D eigenvalue weighted by atomic mass is 16.6. The molecule has 0 saturated heterocycles. The Balaban J connectivity index is 2.59. The van der Waals surface area contributed by atoms with E-state index in [2.05, 4.69) is 5.32 Å². The van der Waals surface area contributed by atoms with Gasteiger partial charge in [-0.15, -0.1) is 0 Å². The summed E-state index contributed by atoms with van der Waals surface area (Å²) < 4.78 is 22.0. The number of nitrogens with two attached hydrogens (primary N) is 1. The van der Waals surface area contributed by atoms with E-state index >= 15 is 0 Å². The van der Waals surface area contributed by atoms with Gasteiger partial charge in [-0.05, 0) is 44.2 Å². The predicted molar refractivity (Wildman–Crippen MR) is 149 cm³/mol. The number of hydrogen-bond acceptors (Lipinski definition) is 8. The van der Waals surface area contributed by atoms with Crippen LogP contribution in [0.25, 0.3) is 0 Å². The number of hydrogen-bond donors (Lipinski definition) is 4. The molecule has 39 heavy (non-hydrogen) atoms. The van der Waals surface area contributed by atoms with E-state index in [9.17, 15) is 19.8 Å². The van der Waals surface area contributed by atoms with Gasteiger partial charge < -0.3 is 40.2 Å². The minimum absolute atomic E-state index is 0.0119. The Hall–Kier alpha value is -3.34. The van der Waals surface area contributed by atoms with Gasteiger partial charge in [-0.25, -0.2) is 4.79 Å². The van der Waals surface area contributed by atoms with E-state index in [0.717, 1.165) is 0 Å². The van der Waals surface area contributed by atoms with Crippen LogP contribution in [0.1, 0.15) is 39.7 Å². The minimum Gasteiger partial charge on any atom is -0.504 e. The average Bonchev–Trinajstić information content (AvgIpc) is 2.87. The molecule has 0 fully saturated rings. The number of aliphatic hydroxyl groups is 1. The third-order valence-electron chi connectivity index (χ3n) is 6.83. The number of primary amides is 1. The number of allylic oxidation sites excluding steroid dienone is 2. The summed E-state index contributed by atoms with van der Waals surface area (Å²) >= 11 is 0. The summed E-state index contributed by atoms with van der Waals surface area (Å²) in [6.07, 6.45) is 3.75. The van der Waals surface area contributed by atoms with Crippen LogP contribution in [0.2, 0.25) is 0 Å². The molecule has 0 radical (unpaired) electrons. The number of phenolic OH excluding ortho intramolecular Hbond substituents is 1. The van der Waals surface area contributed by atoms with Crippen molar-refractivity contribution < 1.29 is 38.7 Å². The van der Waals surface area contributed by atoms with Gasteiger partial charge in [-0.1, -0.05) is 38.2 Å². The topological polar surface area (TPSA) is 150 Å². The normalized spacial score (nSPS) is 30.7. The minimum atomic E-state index is -0.968. The van der Waals surface area contributed by atoms with Gasteiger partial charge in [0.2, 0.25) is 0 Å². The van der Waals surface area contributed by atoms with Crippen molar-refractivity contribution in [1.29, 1.82) is 0 Å². The van der Waals surface area contributed by atoms with E-state index in [1.165, 1.54) is 20.3 Å². The van der Waals surface area contributed by atoms with E-state index in [1.54, 1.807) is 45.3 Å². The molecule has 1 unspecified atom stereocenters. The first kappa shape index (κ1) is 31.9. The number of aromatic hydroxyl groups is 1. The van der Waals surface area contributed by atoms with Crippen molar-refractivity contribution in [2.24, 2.45) is 17.6 Å². The standard InChI is InChI=1S/C29H42N2O8/c1-16-11-20-14-21(15-22(32)27(20)38-7)31-28(34)17(2)9-8-10-23(36-5)26(39-29(30)35)19(4)13-18(3)25(33)24(12-16)37-6/h8-10,13-16,18,23-26,32-33H,11-12H2,1-7H3,(H2,30,35)(H,31,34)/b10-8-,17-9+,19-13+/t16-,18+,23?,24+,25-,26+/m1/s1. The molecule has 0 aliphatic carbocycles. The summed E-state index contributed by atoms with van der Waals surface area (Å²) in [4.78, 5) is 24.5. The molecule has 1 heterocycles. The second-order valence-corrected chi connectivity index (χ2v) is 10.0. The summed E-state index contributed by atoms with van der Waals surface area (Å²) in [5, 5.41) is 24.5. The Morgan fingerprint density at radius 2 is 1.82 bits per heavy atom. The lowest BCUT2D eigenvalue weighted by Crippen LogP contribution is -2.37. The molecule has 2 amide bonds. The number of benzene rings is 1. The molecule has 2 rings (SSSR count). The zero-order chi connectivity index (χ0) is 29.3. The van der Waals surface area contributed by atoms with Gasteiger partial charge in [0.15, 0.2) is 17.6 Å². The smallest absolute Gasteiger partial charge is 0.405 e. The highest BCUT2D eigenvalue weighted by molar-refractivity contribution is 6.03. The Kier molecular flexibility index (Phi) is 12.0. The highest BCUT2D eigenvalue weighted by Crippen LogP contribution is 2.36. The van der Waals surface area contributed by atoms with Crippen LogP contribution in [0, 0.1) is 11.8 Å². The molecule has 6 atom stereocenters. The van der Waals surface area contributed by atoms with Gasteiger partial charge in [0.1, 0.15) is 6.10 Å². The maximum Gasteiger partial charge on any atom is 0.405 e. The van der Waals surface area contributed by atoms with Crippen LogP contribution in [0.3, 0.4) is 0 Å². The lowest BCUT2D eigenvalue weighted by atomic mass is 9.88. The van der Waals surface area contributed by atoms with E-state index in [4.69, 9.17) is 24.7 Å². The molecular formula is C29H42N2O8. The third-order valence-corrected chi connectivity index (χ3v) is 6.83. The van der Waals surface area contributed by atoms with Gasteiger partial charge in [-0.2, -0.15) is 0 Å². The predicted octanol–water partition coefficient (Wildman–Crippen LogP) is 3.86. The summed E-state index contributed by atoms with van der Waals surface area (Å²) in [6.45, 7) is 7.27. The van der Waals surface area contributed by atoms with E-state index in [1.807, 2.05) is 19.9 Å². The quantitative estimate of drug-likeness (QED) is 0.416. The molecule has 0 saturated carbocycles. The first-order valence-corrected chi connectivity index (χ1v) is 12.9. The van der Waals surface area contributed by atoms with E-state index in [-0.39, 0.29) is 23.5 Å². The molecule has 2 bridgehead atoms. The van der Waals surface area contributed by atoms with E-state index in [0.29, 0.717) is 41.0 Å². The monoisotopic (exact) mass is 546 g/mol. The number of amides is 2. The lowest BCUT2D eigenvalue weighted by molar-refractivity contribution is -0.112. The van der Waals surface area contributed by atoms with Crippen LogP contribution >= 0.6 is 0 Å². The molecule has 10 heteroatoms. The fourth-order valence-corrected chi connectivity index (χ4v) is 4.77. The number of anilines is 1. The molecule has 10 nitrogen and oxygen atoms in total. The molecule has 1 aliphatic rings. The summed E-state index contributed by atoms with van der Waals surface area (Å²) in [7, 11) is 4.48. The number of nitrogens with one attached hydrogen (secondary N) is 1. The molecule has 1 aromatic carbocycles. The highest BCUT2D eigenvalue weighted by Gasteiger charge is 2.29. The Morgan fingerprint density at radius 1 is 1.13 bits per heavy atom. The maximum atomic E-state index is 12.9. The number of fused-ring (bicyclic) bond motifs is 2. The first-order chi connectivity index (χ1) is 18.4. The van der Waals surface area contributed by atoms with Crippen LogP contribution in [0.4, 0.5) is 10.5 Å². The molecule has 0 aromatic heterocycles. The molecular weight excluding hydrogens is 504 g/mol. The van der Waals surface area contributed by atoms with Gasteiger partial charge in [0.25, 0.3) is 5.91 Å². The van der Waals surface area contributed by atoms with Gasteiger partial charge >= 0.3 is 6.09 Å². The summed E-state index contributed by atoms with van der Waals surface area (Å²) in [6, 6.07) is 3.20. The zero-order valence-electron chi connectivity index (χ0n) is 23.8. The molecule has 0 spiro atoms. The second-order valence-electron chi connectivity index (χ2n) is 10.0. The van der Waals surface area contributed by atoms with Crippen molar-refractivity contribution in [3.05, 3.63) is 53.1 Å². The summed E-state index contributed by atoms with van der Waals surface area (Å²) in [5.41, 5.74) is 7.49. The van der Waals surface area contributed by atoms with Crippen molar-refractivity contribution in [1.82, 2.24) is 0 Å². The lowest BCUT2D eigenvalue weighted by Gasteiger charge is -2.29. The number of rotatable bonds is 4. The number of carbonyl (C=O) groups excluding carboxylic acids is 2. The van der Waals surface area contributed by atoms with E-state index < -0.39 is 30.5 Å². The summed E-state index contributed by atoms with van der Waals surface area (Å²) in [5.74, 6) is -0.486. The fraction of sp³-hybridized carbons (Fsp3) is 0.517. The zero-order valence-corrected chi connectivity index (χ0v) is 23.8. The third kappa shape index (κ3) is 8.84. The van der Waals surface area contributed by atoms with Crippen LogP contribution < -0.4 is 15.8 Å². The first-order valence-electron chi connectivity index (χ1n) is 12.9. The van der Waals surface area contributed by atoms with Crippen molar-refractivity contribution in [3.63, 3.8) is 0 Å². The van der Waals surface area contributed by atoms with Crippen LogP contribution in [-0.2, 0) is 25.4 Å². The van der Waals surface area contributed by atoms with Crippen molar-refractivity contribution >= 4 is 17.7 Å². The second kappa shape index (κ2) is 14.7. The molecule has 1 aliphatic heterocycles. The van der Waals surface area contributed by atoms with Gasteiger partial charge in [0, 0.05) is 43.0 Å². The molecule has 216 valence electrons. The van der Waals surface area contributed by atoms with Crippen LogP contribution in [-0.4, -0.2) is 68.0 Å². The maximum absolute atomic E-state index is 12.9. The van der Waals surface area contributed by atoms with Crippen molar-refractivity contribution in [2.75, 3.05) is 26.6 Å². The molecule has 5 N–H and O–H groups in total. The number of methoxy groups -OCH3 is 3. The van der Waals surface area contributed by atoms with Gasteiger partial charge in [0.05, 0.1) is 19.3 Å². The van der Waals surface area contributed by atoms with Crippen molar-refractivity contribution in [2.45, 2.75) is 65.0 Å². The average molecular weight is 547 g/mol.